The summed E-state index contributed by atoms with van der Waals surface area (Å²) < 4.78 is 14.4. The zero-order valence-corrected chi connectivity index (χ0v) is 17.5. The number of anilines is 2. The molecule has 146 valence electrons. The van der Waals surface area contributed by atoms with Gasteiger partial charge in [0, 0.05) is 24.8 Å². The van der Waals surface area contributed by atoms with Crippen molar-refractivity contribution in [2.75, 3.05) is 18.1 Å². The Morgan fingerprint density at radius 3 is 2.75 bits per heavy atom. The SMILES string of the molecule is Cc1cccc(Nc2nnc(SCC(=O)N(C)Cc3ccccc3F)s2)c1C. The first-order valence-electron chi connectivity index (χ1n) is 8.71. The number of thioether (sulfide) groups is 1. The van der Waals surface area contributed by atoms with Gasteiger partial charge in [0.25, 0.3) is 0 Å². The van der Waals surface area contributed by atoms with Gasteiger partial charge in [-0.25, -0.2) is 4.39 Å². The predicted molar refractivity (Wildman–Crippen MR) is 113 cm³/mol. The molecule has 0 aliphatic rings. The highest BCUT2D eigenvalue weighted by atomic mass is 32.2. The van der Waals surface area contributed by atoms with Crippen LogP contribution in [0.2, 0.25) is 0 Å². The Bertz CT molecular complexity index is 976. The molecule has 1 heterocycles. The van der Waals surface area contributed by atoms with E-state index in [1.54, 1.807) is 25.2 Å². The smallest absolute Gasteiger partial charge is 0.233 e. The highest BCUT2D eigenvalue weighted by Gasteiger charge is 2.14. The molecule has 2 aromatic carbocycles. The van der Waals surface area contributed by atoms with E-state index in [2.05, 4.69) is 35.4 Å². The Kier molecular flexibility index (Phi) is 6.64. The number of benzene rings is 2. The third-order valence-electron chi connectivity index (χ3n) is 4.36. The van der Waals surface area contributed by atoms with Crippen molar-refractivity contribution in [3.63, 3.8) is 0 Å². The molecule has 3 rings (SSSR count). The van der Waals surface area contributed by atoms with Crippen LogP contribution in [0, 0.1) is 19.7 Å². The van der Waals surface area contributed by atoms with Gasteiger partial charge >= 0.3 is 0 Å². The highest BCUT2D eigenvalue weighted by Crippen LogP contribution is 2.29. The Labute approximate surface area is 172 Å². The first kappa shape index (κ1) is 20.3. The average molecular weight is 417 g/mol. The van der Waals surface area contributed by atoms with E-state index in [-0.39, 0.29) is 24.0 Å². The van der Waals surface area contributed by atoms with E-state index in [4.69, 9.17) is 0 Å². The van der Waals surface area contributed by atoms with Gasteiger partial charge in [-0.1, -0.05) is 53.4 Å². The van der Waals surface area contributed by atoms with Gasteiger partial charge in [-0.15, -0.1) is 10.2 Å². The van der Waals surface area contributed by atoms with Crippen LogP contribution >= 0.6 is 23.1 Å². The van der Waals surface area contributed by atoms with Crippen molar-refractivity contribution in [2.24, 2.45) is 0 Å². The first-order valence-corrected chi connectivity index (χ1v) is 10.5. The van der Waals surface area contributed by atoms with Crippen LogP contribution < -0.4 is 5.32 Å². The summed E-state index contributed by atoms with van der Waals surface area (Å²) in [4.78, 5) is 13.9. The fourth-order valence-corrected chi connectivity index (χ4v) is 4.23. The van der Waals surface area contributed by atoms with Crippen molar-refractivity contribution in [1.29, 1.82) is 0 Å². The molecule has 0 aliphatic carbocycles. The molecule has 1 aromatic heterocycles. The number of carbonyl (C=O) groups excluding carboxylic acids is 1. The first-order chi connectivity index (χ1) is 13.4. The lowest BCUT2D eigenvalue weighted by molar-refractivity contribution is -0.127. The van der Waals surface area contributed by atoms with Crippen molar-refractivity contribution in [3.05, 3.63) is 65.0 Å². The second kappa shape index (κ2) is 9.16. The molecule has 0 fully saturated rings. The molecule has 0 spiro atoms. The fraction of sp³-hybridized carbons (Fsp3) is 0.250. The molecule has 0 unspecified atom stereocenters. The quantitative estimate of drug-likeness (QED) is 0.561. The molecule has 8 heteroatoms. The normalized spacial score (nSPS) is 10.7. The Hall–Kier alpha value is -2.45. The second-order valence-electron chi connectivity index (χ2n) is 6.38. The minimum Gasteiger partial charge on any atom is -0.341 e. The van der Waals surface area contributed by atoms with E-state index < -0.39 is 0 Å². The van der Waals surface area contributed by atoms with Crippen molar-refractivity contribution in [3.8, 4) is 0 Å². The summed E-state index contributed by atoms with van der Waals surface area (Å²) in [6.45, 7) is 4.35. The standard InChI is InChI=1S/C20H21FN4OS2/c1-13-7-6-10-17(14(13)2)22-19-23-24-20(28-19)27-12-18(26)25(3)11-15-8-4-5-9-16(15)21/h4-10H,11-12H2,1-3H3,(H,22,23). The molecule has 0 radical (unpaired) electrons. The maximum absolute atomic E-state index is 13.7. The van der Waals surface area contributed by atoms with Crippen LogP contribution in [0.25, 0.3) is 0 Å². The maximum Gasteiger partial charge on any atom is 0.233 e. The number of nitrogens with zero attached hydrogens (tertiary/aromatic N) is 3. The van der Waals surface area contributed by atoms with Gasteiger partial charge in [0.05, 0.1) is 5.75 Å². The fourth-order valence-electron chi connectivity index (χ4n) is 2.52. The van der Waals surface area contributed by atoms with Crippen LogP contribution in [-0.4, -0.2) is 33.8 Å². The predicted octanol–water partition coefficient (Wildman–Crippen LogP) is 4.79. The summed E-state index contributed by atoms with van der Waals surface area (Å²) in [6, 6.07) is 12.5. The van der Waals surface area contributed by atoms with Crippen LogP contribution in [0.3, 0.4) is 0 Å². The van der Waals surface area contributed by atoms with Crippen molar-refractivity contribution >= 4 is 39.8 Å². The van der Waals surface area contributed by atoms with Crippen LogP contribution in [0.4, 0.5) is 15.2 Å². The summed E-state index contributed by atoms with van der Waals surface area (Å²) in [5.74, 6) is -0.170. The largest absolute Gasteiger partial charge is 0.341 e. The molecule has 0 saturated heterocycles. The molecule has 28 heavy (non-hydrogen) atoms. The Morgan fingerprint density at radius 2 is 1.96 bits per heavy atom. The topological polar surface area (TPSA) is 58.1 Å². The number of aryl methyl sites for hydroxylation is 1. The lowest BCUT2D eigenvalue weighted by atomic mass is 10.1. The van der Waals surface area contributed by atoms with Crippen molar-refractivity contribution in [1.82, 2.24) is 15.1 Å². The summed E-state index contributed by atoms with van der Waals surface area (Å²) >= 11 is 2.73. The number of aromatic nitrogens is 2. The van der Waals surface area contributed by atoms with Gasteiger partial charge in [-0.05, 0) is 37.1 Å². The molecule has 3 aromatic rings. The van der Waals surface area contributed by atoms with Crippen LogP contribution in [0.1, 0.15) is 16.7 Å². The third kappa shape index (κ3) is 5.08. The van der Waals surface area contributed by atoms with E-state index in [9.17, 15) is 9.18 Å². The van der Waals surface area contributed by atoms with Gasteiger partial charge in [-0.3, -0.25) is 4.79 Å². The molecule has 0 atom stereocenters. The summed E-state index contributed by atoms with van der Waals surface area (Å²) in [7, 11) is 1.67. The van der Waals surface area contributed by atoms with Gasteiger partial charge in [0.1, 0.15) is 5.82 Å². The van der Waals surface area contributed by atoms with Gasteiger partial charge in [0.15, 0.2) is 4.34 Å². The molecular formula is C20H21FN4OS2. The summed E-state index contributed by atoms with van der Waals surface area (Å²) in [6.07, 6.45) is 0. The average Bonchev–Trinajstić information content (AvgIpc) is 3.12. The molecule has 0 bridgehead atoms. The van der Waals surface area contributed by atoms with Crippen LogP contribution in [0.15, 0.2) is 46.8 Å². The molecule has 5 nitrogen and oxygen atoms in total. The van der Waals surface area contributed by atoms with Gasteiger partial charge in [-0.2, -0.15) is 0 Å². The monoisotopic (exact) mass is 416 g/mol. The van der Waals surface area contributed by atoms with E-state index in [0.717, 1.165) is 11.3 Å². The van der Waals surface area contributed by atoms with Gasteiger partial charge in [0.2, 0.25) is 11.0 Å². The lowest BCUT2D eigenvalue weighted by Crippen LogP contribution is -2.28. The van der Waals surface area contributed by atoms with E-state index in [1.165, 1.54) is 39.6 Å². The lowest BCUT2D eigenvalue weighted by Gasteiger charge is -2.17. The second-order valence-corrected chi connectivity index (χ2v) is 8.58. The van der Waals surface area contributed by atoms with Gasteiger partial charge < -0.3 is 10.2 Å². The molecule has 1 N–H and O–H groups in total. The highest BCUT2D eigenvalue weighted by molar-refractivity contribution is 8.01. The Balaban J connectivity index is 1.54. The molecule has 0 aliphatic heterocycles. The molecular weight excluding hydrogens is 395 g/mol. The number of rotatable bonds is 7. The minimum absolute atomic E-state index is 0.0903. The summed E-state index contributed by atoms with van der Waals surface area (Å²) in [5.41, 5.74) is 3.86. The number of nitrogens with one attached hydrogen (secondary N) is 1. The van der Waals surface area contributed by atoms with Crippen molar-refractivity contribution < 1.29 is 9.18 Å². The summed E-state index contributed by atoms with van der Waals surface area (Å²) in [5, 5.41) is 12.2. The number of amides is 1. The number of hydrogen-bond acceptors (Lipinski definition) is 6. The van der Waals surface area contributed by atoms with Crippen LogP contribution in [0.5, 0.6) is 0 Å². The minimum atomic E-state index is -0.305. The van der Waals surface area contributed by atoms with E-state index in [0.29, 0.717) is 15.0 Å². The number of halogens is 1. The number of hydrogen-bond donors (Lipinski definition) is 1. The zero-order valence-electron chi connectivity index (χ0n) is 15.9. The third-order valence-corrected chi connectivity index (χ3v) is 6.32. The number of carbonyl (C=O) groups is 1. The zero-order chi connectivity index (χ0) is 20.1. The van der Waals surface area contributed by atoms with Crippen LogP contribution in [-0.2, 0) is 11.3 Å². The Morgan fingerprint density at radius 1 is 1.18 bits per heavy atom. The van der Waals surface area contributed by atoms with E-state index >= 15 is 0 Å². The van der Waals surface area contributed by atoms with E-state index in [1.807, 2.05) is 12.1 Å². The molecule has 0 saturated carbocycles. The maximum atomic E-state index is 13.7. The van der Waals surface area contributed by atoms with Crippen molar-refractivity contribution in [2.45, 2.75) is 24.7 Å². The molecule has 1 amide bonds.